The third-order valence-electron chi connectivity index (χ3n) is 5.00. The largest absolute Gasteiger partial charge is 0.459 e. The molecule has 0 N–H and O–H groups in total. The second-order valence-corrected chi connectivity index (χ2v) is 6.93. The van der Waals surface area contributed by atoms with E-state index in [9.17, 15) is 9.59 Å². The van der Waals surface area contributed by atoms with Gasteiger partial charge < -0.3 is 9.53 Å². The van der Waals surface area contributed by atoms with E-state index in [-0.39, 0.29) is 22.8 Å². The summed E-state index contributed by atoms with van der Waals surface area (Å²) in [5.41, 5.74) is -0.00775. The van der Waals surface area contributed by atoms with Crippen molar-refractivity contribution < 1.29 is 14.3 Å². The van der Waals surface area contributed by atoms with Gasteiger partial charge in [-0.25, -0.2) is 0 Å². The fraction of sp³-hybridized carbons (Fsp3) is 0.867. The highest BCUT2D eigenvalue weighted by atomic mass is 16.6. The molecule has 0 aromatic carbocycles. The number of cyclic esters (lactones) is 1. The first-order valence-corrected chi connectivity index (χ1v) is 6.96. The summed E-state index contributed by atoms with van der Waals surface area (Å²) in [5, 5.41) is 0. The van der Waals surface area contributed by atoms with Crippen LogP contribution in [0.25, 0.3) is 0 Å². The summed E-state index contributed by atoms with van der Waals surface area (Å²) >= 11 is 0. The summed E-state index contributed by atoms with van der Waals surface area (Å²) in [6.07, 6.45) is 4.06. The van der Waals surface area contributed by atoms with Crippen LogP contribution < -0.4 is 0 Å². The lowest BCUT2D eigenvalue weighted by Gasteiger charge is -2.56. The lowest BCUT2D eigenvalue weighted by Crippen LogP contribution is -2.54. The minimum absolute atomic E-state index is 0.0625. The van der Waals surface area contributed by atoms with Crippen LogP contribution in [-0.4, -0.2) is 17.4 Å². The Morgan fingerprint density at radius 2 is 2.06 bits per heavy atom. The molecule has 0 bridgehead atoms. The van der Waals surface area contributed by atoms with Crippen LogP contribution in [0.2, 0.25) is 0 Å². The number of ketones is 1. The molecule has 1 saturated carbocycles. The molecule has 1 saturated heterocycles. The van der Waals surface area contributed by atoms with E-state index >= 15 is 0 Å². The lowest BCUT2D eigenvalue weighted by molar-refractivity contribution is -0.172. The van der Waals surface area contributed by atoms with Crippen molar-refractivity contribution >= 4 is 11.8 Å². The molecule has 1 aliphatic heterocycles. The number of carbonyl (C=O) groups excluding carboxylic acids is 2. The zero-order chi connectivity index (χ0) is 13.6. The fourth-order valence-corrected chi connectivity index (χ4v) is 3.81. The van der Waals surface area contributed by atoms with Gasteiger partial charge in [0.15, 0.2) is 0 Å². The average Bonchev–Trinajstić information content (AvgIpc) is 2.56. The van der Waals surface area contributed by atoms with Crippen LogP contribution in [0.4, 0.5) is 0 Å². The second-order valence-electron chi connectivity index (χ2n) is 6.93. The summed E-state index contributed by atoms with van der Waals surface area (Å²) < 4.78 is 5.56. The molecule has 2 fully saturated rings. The van der Waals surface area contributed by atoms with E-state index in [2.05, 4.69) is 20.8 Å². The fourth-order valence-electron chi connectivity index (χ4n) is 3.81. The van der Waals surface area contributed by atoms with Crippen molar-refractivity contribution in [2.24, 2.45) is 17.3 Å². The number of carbonyl (C=O) groups is 2. The quantitative estimate of drug-likeness (QED) is 0.722. The van der Waals surface area contributed by atoms with Crippen molar-refractivity contribution in [2.75, 3.05) is 0 Å². The number of rotatable bonds is 4. The smallest absolute Gasteiger partial charge is 0.306 e. The normalized spacial score (nSPS) is 38.1. The van der Waals surface area contributed by atoms with E-state index in [0.29, 0.717) is 24.7 Å². The molecule has 0 unspecified atom stereocenters. The molecule has 3 heteroatoms. The molecule has 2 rings (SSSR count). The third-order valence-corrected chi connectivity index (χ3v) is 5.00. The summed E-state index contributed by atoms with van der Waals surface area (Å²) in [6.45, 7) is 8.24. The molecule has 0 aromatic heterocycles. The third kappa shape index (κ3) is 2.32. The lowest BCUT2D eigenvalue weighted by atomic mass is 9.50. The predicted octanol–water partition coefficient (Wildman–Crippen LogP) is 3.11. The van der Waals surface area contributed by atoms with E-state index in [1.807, 2.05) is 0 Å². The van der Waals surface area contributed by atoms with Crippen LogP contribution in [0.1, 0.15) is 59.8 Å². The molecule has 2 aliphatic rings. The summed E-state index contributed by atoms with van der Waals surface area (Å²) in [6, 6.07) is 0. The molecule has 18 heavy (non-hydrogen) atoms. The standard InChI is InChI=1S/C15H24O3/c1-10(16)5-6-11-12(9-14(11,2)3)15(4)8-7-13(17)18-15/h11-12H,5-9H2,1-4H3/t11-,12+,15+/m1/s1. The Morgan fingerprint density at radius 1 is 1.39 bits per heavy atom. The first-order valence-electron chi connectivity index (χ1n) is 6.96. The van der Waals surface area contributed by atoms with Crippen molar-refractivity contribution in [1.29, 1.82) is 0 Å². The zero-order valence-corrected chi connectivity index (χ0v) is 11.9. The van der Waals surface area contributed by atoms with E-state index in [4.69, 9.17) is 4.74 Å². The Hall–Kier alpha value is -0.860. The molecule has 0 amide bonds. The highest BCUT2D eigenvalue weighted by Gasteiger charge is 2.57. The van der Waals surface area contributed by atoms with Gasteiger partial charge in [0.2, 0.25) is 0 Å². The number of hydrogen-bond donors (Lipinski definition) is 0. The molecule has 1 aliphatic carbocycles. The highest BCUT2D eigenvalue weighted by molar-refractivity contribution is 5.75. The Morgan fingerprint density at radius 3 is 2.50 bits per heavy atom. The minimum Gasteiger partial charge on any atom is -0.459 e. The number of ether oxygens (including phenoxy) is 1. The van der Waals surface area contributed by atoms with Gasteiger partial charge in [-0.15, -0.1) is 0 Å². The second kappa shape index (κ2) is 4.36. The monoisotopic (exact) mass is 252 g/mol. The van der Waals surface area contributed by atoms with Crippen LogP contribution in [0, 0.1) is 17.3 Å². The van der Waals surface area contributed by atoms with E-state index < -0.39 is 0 Å². The van der Waals surface area contributed by atoms with Crippen molar-refractivity contribution in [3.8, 4) is 0 Å². The SMILES string of the molecule is CC(=O)CC[C@@H]1[C@@H]([C@]2(C)CCC(=O)O2)CC1(C)C. The Labute approximate surface area is 109 Å². The van der Waals surface area contributed by atoms with Crippen LogP contribution >= 0.6 is 0 Å². The maximum absolute atomic E-state index is 11.4. The van der Waals surface area contributed by atoms with Crippen LogP contribution in [0.15, 0.2) is 0 Å². The van der Waals surface area contributed by atoms with Gasteiger partial charge in [0, 0.05) is 18.8 Å². The molecule has 102 valence electrons. The molecule has 3 atom stereocenters. The zero-order valence-electron chi connectivity index (χ0n) is 11.9. The molecule has 1 heterocycles. The van der Waals surface area contributed by atoms with Crippen molar-refractivity contribution in [3.05, 3.63) is 0 Å². The number of esters is 1. The van der Waals surface area contributed by atoms with E-state index in [1.54, 1.807) is 6.92 Å². The van der Waals surface area contributed by atoms with Gasteiger partial charge in [-0.1, -0.05) is 13.8 Å². The first kappa shape index (κ1) is 13.6. The maximum atomic E-state index is 11.4. The van der Waals surface area contributed by atoms with Crippen LogP contribution in [0.5, 0.6) is 0 Å². The van der Waals surface area contributed by atoms with E-state index in [1.165, 1.54) is 0 Å². The van der Waals surface area contributed by atoms with Crippen LogP contribution in [0.3, 0.4) is 0 Å². The number of hydrogen-bond acceptors (Lipinski definition) is 3. The summed E-state index contributed by atoms with van der Waals surface area (Å²) in [5.74, 6) is 1.12. The highest BCUT2D eigenvalue weighted by Crippen LogP contribution is 2.59. The summed E-state index contributed by atoms with van der Waals surface area (Å²) in [4.78, 5) is 22.5. The minimum atomic E-state index is -0.284. The Kier molecular flexibility index (Phi) is 3.28. The average molecular weight is 252 g/mol. The molecule has 3 nitrogen and oxygen atoms in total. The molecule has 0 aromatic rings. The van der Waals surface area contributed by atoms with Gasteiger partial charge in [-0.3, -0.25) is 4.79 Å². The van der Waals surface area contributed by atoms with Gasteiger partial charge in [-0.2, -0.15) is 0 Å². The summed E-state index contributed by atoms with van der Waals surface area (Å²) in [7, 11) is 0. The number of Topliss-reactive ketones (excluding diaryl/α,β-unsaturated/α-hetero) is 1. The molecule has 0 spiro atoms. The van der Waals surface area contributed by atoms with Crippen molar-refractivity contribution in [1.82, 2.24) is 0 Å². The van der Waals surface area contributed by atoms with Crippen molar-refractivity contribution in [2.45, 2.75) is 65.4 Å². The van der Waals surface area contributed by atoms with Gasteiger partial charge in [0.1, 0.15) is 11.4 Å². The molecule has 0 radical (unpaired) electrons. The van der Waals surface area contributed by atoms with Gasteiger partial charge in [0.05, 0.1) is 0 Å². The Balaban J connectivity index is 2.05. The molecular weight excluding hydrogens is 228 g/mol. The van der Waals surface area contributed by atoms with Crippen molar-refractivity contribution in [3.63, 3.8) is 0 Å². The topological polar surface area (TPSA) is 43.4 Å². The van der Waals surface area contributed by atoms with Gasteiger partial charge in [0.25, 0.3) is 0 Å². The molecular formula is C15H24O3. The first-order chi connectivity index (χ1) is 8.24. The van der Waals surface area contributed by atoms with E-state index in [0.717, 1.165) is 19.3 Å². The van der Waals surface area contributed by atoms with Gasteiger partial charge in [-0.05, 0) is 44.4 Å². The maximum Gasteiger partial charge on any atom is 0.306 e. The van der Waals surface area contributed by atoms with Gasteiger partial charge >= 0.3 is 5.97 Å². The predicted molar refractivity (Wildman–Crippen MR) is 69.0 cm³/mol. The Bertz CT molecular complexity index is 372. The van der Waals surface area contributed by atoms with Crippen LogP contribution in [-0.2, 0) is 14.3 Å².